The molecule has 1 N–H and O–H groups in total. The summed E-state index contributed by atoms with van der Waals surface area (Å²) in [5.74, 6) is 2.64. The maximum atomic E-state index is 6.12. The average molecular weight is 295 g/mol. The summed E-state index contributed by atoms with van der Waals surface area (Å²) < 4.78 is 11.7. The van der Waals surface area contributed by atoms with E-state index >= 15 is 0 Å². The Labute approximate surface area is 130 Å². The molecular formula is C18H33NO2. The van der Waals surface area contributed by atoms with E-state index in [-0.39, 0.29) is 5.60 Å². The van der Waals surface area contributed by atoms with Gasteiger partial charge < -0.3 is 14.8 Å². The summed E-state index contributed by atoms with van der Waals surface area (Å²) in [6.07, 6.45) is 10.6. The summed E-state index contributed by atoms with van der Waals surface area (Å²) in [5, 5.41) is 3.68. The zero-order chi connectivity index (χ0) is 14.7. The zero-order valence-electron chi connectivity index (χ0n) is 13.9. The molecule has 3 rings (SSSR count). The van der Waals surface area contributed by atoms with Crippen LogP contribution in [0.3, 0.4) is 0 Å². The molecule has 0 aromatic rings. The number of hydrogen-bond donors (Lipinski definition) is 1. The van der Waals surface area contributed by atoms with E-state index in [9.17, 15) is 0 Å². The molecule has 3 heteroatoms. The van der Waals surface area contributed by atoms with Gasteiger partial charge in [-0.05, 0) is 50.5 Å². The van der Waals surface area contributed by atoms with Crippen LogP contribution in [0.1, 0.15) is 58.3 Å². The Morgan fingerprint density at radius 3 is 2.52 bits per heavy atom. The van der Waals surface area contributed by atoms with Gasteiger partial charge in [-0.3, -0.25) is 0 Å². The fourth-order valence-corrected chi connectivity index (χ4v) is 5.05. The highest BCUT2D eigenvalue weighted by Crippen LogP contribution is 2.41. The van der Waals surface area contributed by atoms with E-state index in [0.717, 1.165) is 44.0 Å². The SMILES string of the molecule is CCC1CCC(C(NC)C2CCOC3(CCOC3)C2)CC1. The Morgan fingerprint density at radius 2 is 1.90 bits per heavy atom. The lowest BCUT2D eigenvalue weighted by molar-refractivity contribution is -0.106. The molecule has 1 saturated carbocycles. The van der Waals surface area contributed by atoms with Crippen molar-refractivity contribution in [1.82, 2.24) is 5.32 Å². The van der Waals surface area contributed by atoms with Crippen LogP contribution in [-0.4, -0.2) is 38.5 Å². The van der Waals surface area contributed by atoms with Crippen molar-refractivity contribution in [2.75, 3.05) is 26.9 Å². The molecule has 2 heterocycles. The molecule has 21 heavy (non-hydrogen) atoms. The smallest absolute Gasteiger partial charge is 0.0939 e. The van der Waals surface area contributed by atoms with Gasteiger partial charge in [-0.1, -0.05) is 26.2 Å². The fraction of sp³-hybridized carbons (Fsp3) is 1.00. The highest BCUT2D eigenvalue weighted by atomic mass is 16.6. The van der Waals surface area contributed by atoms with E-state index in [4.69, 9.17) is 9.47 Å². The normalized spacial score (nSPS) is 42.3. The monoisotopic (exact) mass is 295 g/mol. The lowest BCUT2D eigenvalue weighted by atomic mass is 9.71. The lowest BCUT2D eigenvalue weighted by Crippen LogP contribution is -2.49. The summed E-state index contributed by atoms with van der Waals surface area (Å²) in [4.78, 5) is 0. The molecule has 3 atom stereocenters. The molecule has 3 nitrogen and oxygen atoms in total. The van der Waals surface area contributed by atoms with Gasteiger partial charge in [0.25, 0.3) is 0 Å². The summed E-state index contributed by atoms with van der Waals surface area (Å²) >= 11 is 0. The van der Waals surface area contributed by atoms with Gasteiger partial charge >= 0.3 is 0 Å². The minimum atomic E-state index is 0.0542. The first-order valence-electron chi connectivity index (χ1n) is 9.15. The zero-order valence-corrected chi connectivity index (χ0v) is 13.9. The Hall–Kier alpha value is -0.120. The molecule has 0 radical (unpaired) electrons. The van der Waals surface area contributed by atoms with Crippen molar-refractivity contribution >= 4 is 0 Å². The molecule has 0 bridgehead atoms. The second-order valence-electron chi connectivity index (χ2n) is 7.59. The summed E-state index contributed by atoms with van der Waals surface area (Å²) in [6, 6.07) is 0.684. The minimum absolute atomic E-state index is 0.0542. The molecule has 0 aromatic carbocycles. The minimum Gasteiger partial charge on any atom is -0.378 e. The molecule has 122 valence electrons. The van der Waals surface area contributed by atoms with Crippen molar-refractivity contribution < 1.29 is 9.47 Å². The van der Waals surface area contributed by atoms with Gasteiger partial charge in [0, 0.05) is 25.7 Å². The van der Waals surface area contributed by atoms with Crippen molar-refractivity contribution in [2.24, 2.45) is 17.8 Å². The van der Waals surface area contributed by atoms with E-state index in [2.05, 4.69) is 19.3 Å². The van der Waals surface area contributed by atoms with Gasteiger partial charge in [-0.2, -0.15) is 0 Å². The Morgan fingerprint density at radius 1 is 1.10 bits per heavy atom. The van der Waals surface area contributed by atoms with Crippen LogP contribution in [0.4, 0.5) is 0 Å². The van der Waals surface area contributed by atoms with Crippen molar-refractivity contribution in [3.8, 4) is 0 Å². The number of ether oxygens (including phenoxy) is 2. The first-order valence-corrected chi connectivity index (χ1v) is 9.15. The lowest BCUT2D eigenvalue weighted by Gasteiger charge is -2.44. The third-order valence-corrected chi connectivity index (χ3v) is 6.42. The summed E-state index contributed by atoms with van der Waals surface area (Å²) in [7, 11) is 2.17. The van der Waals surface area contributed by atoms with Crippen molar-refractivity contribution in [2.45, 2.75) is 69.9 Å². The molecule has 3 aliphatic rings. The largest absolute Gasteiger partial charge is 0.378 e. The highest BCUT2D eigenvalue weighted by molar-refractivity contribution is 4.95. The summed E-state index contributed by atoms with van der Waals surface area (Å²) in [6.45, 7) is 4.99. The van der Waals surface area contributed by atoms with Crippen molar-refractivity contribution in [3.05, 3.63) is 0 Å². The van der Waals surface area contributed by atoms with Gasteiger partial charge in [0.15, 0.2) is 0 Å². The van der Waals surface area contributed by atoms with E-state index in [1.54, 1.807) is 0 Å². The molecular weight excluding hydrogens is 262 g/mol. The predicted octanol–water partition coefficient (Wildman–Crippen LogP) is 3.38. The molecule has 1 spiro atoms. The van der Waals surface area contributed by atoms with E-state index < -0.39 is 0 Å². The molecule has 0 aromatic heterocycles. The molecule has 0 amide bonds. The average Bonchev–Trinajstić information content (AvgIpc) is 2.96. The van der Waals surface area contributed by atoms with Crippen LogP contribution in [0.25, 0.3) is 0 Å². The maximum absolute atomic E-state index is 6.12. The Bertz CT molecular complexity index is 319. The number of hydrogen-bond acceptors (Lipinski definition) is 3. The molecule has 1 aliphatic carbocycles. The molecule has 2 aliphatic heterocycles. The third kappa shape index (κ3) is 3.46. The number of rotatable bonds is 4. The van der Waals surface area contributed by atoms with Gasteiger partial charge in [0.1, 0.15) is 0 Å². The van der Waals surface area contributed by atoms with Gasteiger partial charge in [-0.15, -0.1) is 0 Å². The van der Waals surface area contributed by atoms with Crippen LogP contribution in [0, 0.1) is 17.8 Å². The molecule has 3 fully saturated rings. The van der Waals surface area contributed by atoms with Crippen LogP contribution in [-0.2, 0) is 9.47 Å². The van der Waals surface area contributed by atoms with Crippen LogP contribution in [0.2, 0.25) is 0 Å². The Kier molecular flexibility index (Phi) is 5.23. The summed E-state index contributed by atoms with van der Waals surface area (Å²) in [5.41, 5.74) is 0.0542. The topological polar surface area (TPSA) is 30.5 Å². The van der Waals surface area contributed by atoms with Gasteiger partial charge in [0.05, 0.1) is 12.2 Å². The standard InChI is InChI=1S/C18H33NO2/c1-3-14-4-6-15(7-5-14)17(19-2)16-8-10-21-18(12-16)9-11-20-13-18/h14-17,19H,3-13H2,1-2H3. The van der Waals surface area contributed by atoms with Crippen molar-refractivity contribution in [1.29, 1.82) is 0 Å². The highest BCUT2D eigenvalue weighted by Gasteiger charge is 2.44. The van der Waals surface area contributed by atoms with Gasteiger partial charge in [0.2, 0.25) is 0 Å². The van der Waals surface area contributed by atoms with E-state index in [0.29, 0.717) is 6.04 Å². The predicted molar refractivity (Wildman–Crippen MR) is 85.4 cm³/mol. The van der Waals surface area contributed by atoms with Crippen LogP contribution in [0.5, 0.6) is 0 Å². The molecule has 2 saturated heterocycles. The van der Waals surface area contributed by atoms with E-state index in [1.165, 1.54) is 44.9 Å². The second kappa shape index (κ2) is 6.97. The van der Waals surface area contributed by atoms with Gasteiger partial charge in [-0.25, -0.2) is 0 Å². The van der Waals surface area contributed by atoms with Crippen molar-refractivity contribution in [3.63, 3.8) is 0 Å². The first kappa shape index (κ1) is 15.8. The fourth-order valence-electron chi connectivity index (χ4n) is 5.05. The van der Waals surface area contributed by atoms with Crippen LogP contribution in [0.15, 0.2) is 0 Å². The Balaban J connectivity index is 1.60. The van der Waals surface area contributed by atoms with E-state index in [1.807, 2.05) is 0 Å². The van der Waals surface area contributed by atoms with Crippen LogP contribution < -0.4 is 5.32 Å². The second-order valence-corrected chi connectivity index (χ2v) is 7.59. The third-order valence-electron chi connectivity index (χ3n) is 6.42. The maximum Gasteiger partial charge on any atom is 0.0939 e. The number of nitrogens with one attached hydrogen (secondary N) is 1. The molecule has 3 unspecified atom stereocenters. The first-order chi connectivity index (χ1) is 10.3. The van der Waals surface area contributed by atoms with Crippen LogP contribution >= 0.6 is 0 Å². The quantitative estimate of drug-likeness (QED) is 0.862.